The van der Waals surface area contributed by atoms with Crippen molar-refractivity contribution in [1.29, 1.82) is 0 Å². The van der Waals surface area contributed by atoms with E-state index in [1.165, 1.54) is 51.4 Å². The number of anilines is 2. The number of aromatic nitrogens is 3. The molecule has 0 spiro atoms. The summed E-state index contributed by atoms with van der Waals surface area (Å²) in [5, 5.41) is 1.55. The second-order valence-corrected chi connectivity index (χ2v) is 8.06. The third-order valence-corrected chi connectivity index (χ3v) is 6.23. The van der Waals surface area contributed by atoms with Crippen LogP contribution in [0.25, 0.3) is 0 Å². The highest BCUT2D eigenvalue weighted by atomic mass is 35.5. The Morgan fingerprint density at radius 1 is 0.762 bits per heavy atom. The standard InChI is InChI=1S/C13H20ClN5S2/c14-11-15-12(18-20-9-5-1-2-6-9)17-13(16-11)19-21-10-7-3-4-8-10/h9-10H,1-8H2,(H2,15,16,17,18,19). The zero-order valence-electron chi connectivity index (χ0n) is 11.8. The Morgan fingerprint density at radius 3 is 1.62 bits per heavy atom. The average Bonchev–Trinajstić information content (AvgIpc) is 3.16. The van der Waals surface area contributed by atoms with E-state index >= 15 is 0 Å². The summed E-state index contributed by atoms with van der Waals surface area (Å²) in [6.07, 6.45) is 10.3. The molecular weight excluding hydrogens is 326 g/mol. The fourth-order valence-electron chi connectivity index (χ4n) is 2.73. The van der Waals surface area contributed by atoms with Crippen molar-refractivity contribution < 1.29 is 0 Å². The Hall–Kier alpha value is -0.400. The van der Waals surface area contributed by atoms with Crippen molar-refractivity contribution in [1.82, 2.24) is 15.0 Å². The lowest BCUT2D eigenvalue weighted by Gasteiger charge is -2.12. The van der Waals surface area contributed by atoms with Crippen molar-refractivity contribution in [3.05, 3.63) is 5.28 Å². The minimum absolute atomic E-state index is 0.231. The topological polar surface area (TPSA) is 62.7 Å². The van der Waals surface area contributed by atoms with E-state index in [1.54, 1.807) is 23.9 Å². The summed E-state index contributed by atoms with van der Waals surface area (Å²) in [6.45, 7) is 0. The highest BCUT2D eigenvalue weighted by Gasteiger charge is 2.18. The third-order valence-electron chi connectivity index (χ3n) is 3.85. The average molecular weight is 346 g/mol. The van der Waals surface area contributed by atoms with E-state index in [1.807, 2.05) is 0 Å². The molecule has 0 aliphatic heterocycles. The van der Waals surface area contributed by atoms with Gasteiger partial charge in [0.05, 0.1) is 0 Å². The Labute approximate surface area is 139 Å². The molecule has 0 radical (unpaired) electrons. The summed E-state index contributed by atoms with van der Waals surface area (Å²) in [6, 6.07) is 0. The van der Waals surface area contributed by atoms with E-state index in [9.17, 15) is 0 Å². The van der Waals surface area contributed by atoms with Gasteiger partial charge in [-0.05, 0) is 61.2 Å². The smallest absolute Gasteiger partial charge is 0.239 e. The maximum atomic E-state index is 5.98. The molecule has 21 heavy (non-hydrogen) atoms. The molecule has 5 nitrogen and oxygen atoms in total. The maximum absolute atomic E-state index is 5.98. The summed E-state index contributed by atoms with van der Waals surface area (Å²) >= 11 is 9.38. The second-order valence-electron chi connectivity index (χ2n) is 5.50. The fraction of sp³-hybridized carbons (Fsp3) is 0.769. The van der Waals surface area contributed by atoms with Gasteiger partial charge in [-0.15, -0.1) is 0 Å². The third kappa shape index (κ3) is 4.79. The van der Waals surface area contributed by atoms with Gasteiger partial charge >= 0.3 is 0 Å². The molecule has 0 saturated heterocycles. The van der Waals surface area contributed by atoms with Gasteiger partial charge in [-0.2, -0.15) is 15.0 Å². The van der Waals surface area contributed by atoms with E-state index in [0.29, 0.717) is 22.4 Å². The van der Waals surface area contributed by atoms with Crippen molar-refractivity contribution in [2.75, 3.05) is 9.44 Å². The summed E-state index contributed by atoms with van der Waals surface area (Å²) in [4.78, 5) is 12.7. The van der Waals surface area contributed by atoms with E-state index in [-0.39, 0.29) is 5.28 Å². The van der Waals surface area contributed by atoms with Gasteiger partial charge in [-0.1, -0.05) is 25.7 Å². The minimum Gasteiger partial charge on any atom is -0.298 e. The van der Waals surface area contributed by atoms with Crippen molar-refractivity contribution in [3.63, 3.8) is 0 Å². The quantitative estimate of drug-likeness (QED) is 0.734. The van der Waals surface area contributed by atoms with Crippen molar-refractivity contribution in [2.45, 2.75) is 61.9 Å². The lowest BCUT2D eigenvalue weighted by atomic mass is 10.4. The minimum atomic E-state index is 0.231. The molecule has 2 aliphatic carbocycles. The Morgan fingerprint density at radius 2 is 1.19 bits per heavy atom. The number of hydrogen-bond donors (Lipinski definition) is 2. The predicted molar refractivity (Wildman–Crippen MR) is 91.8 cm³/mol. The molecule has 0 amide bonds. The van der Waals surface area contributed by atoms with Crippen LogP contribution in [0.5, 0.6) is 0 Å². The van der Waals surface area contributed by atoms with Gasteiger partial charge in [0, 0.05) is 10.5 Å². The van der Waals surface area contributed by atoms with E-state index in [0.717, 1.165) is 0 Å². The number of nitrogens with zero attached hydrogens (tertiary/aromatic N) is 3. The molecule has 116 valence electrons. The zero-order chi connectivity index (χ0) is 14.5. The highest BCUT2D eigenvalue weighted by Crippen LogP contribution is 2.31. The first-order valence-corrected chi connectivity index (χ1v) is 9.68. The predicted octanol–water partition coefficient (Wildman–Crippen LogP) is 4.53. The van der Waals surface area contributed by atoms with Gasteiger partial charge in [0.1, 0.15) is 0 Å². The molecule has 0 unspecified atom stereocenters. The first-order valence-electron chi connectivity index (χ1n) is 7.54. The molecule has 1 heterocycles. The second kappa shape index (κ2) is 7.74. The van der Waals surface area contributed by atoms with Crippen LogP contribution >= 0.6 is 35.5 Å². The lowest BCUT2D eigenvalue weighted by molar-refractivity contribution is 0.886. The van der Waals surface area contributed by atoms with Gasteiger partial charge in [0.15, 0.2) is 0 Å². The summed E-state index contributed by atoms with van der Waals surface area (Å²) in [5.41, 5.74) is 0. The van der Waals surface area contributed by atoms with E-state index in [2.05, 4.69) is 24.4 Å². The Bertz CT molecular complexity index is 426. The van der Waals surface area contributed by atoms with Crippen LogP contribution in [0.2, 0.25) is 5.28 Å². The lowest BCUT2D eigenvalue weighted by Crippen LogP contribution is -2.07. The molecule has 2 N–H and O–H groups in total. The van der Waals surface area contributed by atoms with E-state index < -0.39 is 0 Å². The van der Waals surface area contributed by atoms with Crippen molar-refractivity contribution in [2.24, 2.45) is 0 Å². The highest BCUT2D eigenvalue weighted by molar-refractivity contribution is 8.01. The van der Waals surface area contributed by atoms with Crippen LogP contribution in [-0.4, -0.2) is 25.5 Å². The first kappa shape index (κ1) is 15.5. The normalized spacial score (nSPS) is 20.0. The summed E-state index contributed by atoms with van der Waals surface area (Å²) < 4.78 is 6.43. The van der Waals surface area contributed by atoms with Crippen molar-refractivity contribution >= 4 is 47.4 Å². The van der Waals surface area contributed by atoms with Gasteiger partial charge in [-0.3, -0.25) is 9.44 Å². The van der Waals surface area contributed by atoms with Crippen LogP contribution in [0, 0.1) is 0 Å². The van der Waals surface area contributed by atoms with Crippen LogP contribution in [0.1, 0.15) is 51.4 Å². The van der Waals surface area contributed by atoms with Crippen LogP contribution in [0.3, 0.4) is 0 Å². The van der Waals surface area contributed by atoms with Crippen LogP contribution < -0.4 is 9.44 Å². The molecule has 2 saturated carbocycles. The summed E-state index contributed by atoms with van der Waals surface area (Å²) in [5.74, 6) is 1.09. The van der Waals surface area contributed by atoms with Crippen LogP contribution in [-0.2, 0) is 0 Å². The molecule has 0 bridgehead atoms. The molecule has 8 heteroatoms. The van der Waals surface area contributed by atoms with Gasteiger partial charge < -0.3 is 0 Å². The fourth-order valence-corrected chi connectivity index (χ4v) is 4.75. The van der Waals surface area contributed by atoms with Crippen LogP contribution in [0.15, 0.2) is 0 Å². The molecule has 0 atom stereocenters. The molecule has 0 aromatic carbocycles. The van der Waals surface area contributed by atoms with Gasteiger partial charge in [-0.25, -0.2) is 0 Å². The molecule has 2 aliphatic rings. The number of halogens is 1. The maximum Gasteiger partial charge on any atom is 0.239 e. The monoisotopic (exact) mass is 345 g/mol. The molecular formula is C13H20ClN5S2. The molecule has 1 aromatic heterocycles. The Kier molecular flexibility index (Phi) is 5.71. The van der Waals surface area contributed by atoms with E-state index in [4.69, 9.17) is 11.6 Å². The largest absolute Gasteiger partial charge is 0.298 e. The Balaban J connectivity index is 1.53. The zero-order valence-corrected chi connectivity index (χ0v) is 14.2. The molecule has 1 aromatic rings. The summed E-state index contributed by atoms with van der Waals surface area (Å²) in [7, 11) is 0. The number of nitrogens with one attached hydrogen (secondary N) is 2. The number of rotatable bonds is 6. The van der Waals surface area contributed by atoms with Gasteiger partial charge in [0.2, 0.25) is 17.2 Å². The van der Waals surface area contributed by atoms with Crippen LogP contribution in [0.4, 0.5) is 11.9 Å². The first-order chi connectivity index (χ1) is 10.3. The molecule has 3 rings (SSSR count). The molecule has 2 fully saturated rings. The SMILES string of the molecule is Clc1nc(NSC2CCCC2)nc(NSC2CCCC2)n1. The van der Waals surface area contributed by atoms with Gasteiger partial charge in [0.25, 0.3) is 0 Å². The number of hydrogen-bond acceptors (Lipinski definition) is 7. The van der Waals surface area contributed by atoms with Crippen molar-refractivity contribution in [3.8, 4) is 0 Å².